The van der Waals surface area contributed by atoms with Crippen molar-refractivity contribution in [2.24, 2.45) is 11.1 Å². The molecule has 0 spiro atoms. The number of primary sulfonamides is 1. The van der Waals surface area contributed by atoms with E-state index in [2.05, 4.69) is 0 Å². The lowest BCUT2D eigenvalue weighted by Gasteiger charge is -2.27. The van der Waals surface area contributed by atoms with Gasteiger partial charge >= 0.3 is 0 Å². The molecule has 1 aromatic rings. The summed E-state index contributed by atoms with van der Waals surface area (Å²) in [6.45, 7) is 5.69. The van der Waals surface area contributed by atoms with Crippen molar-refractivity contribution in [3.63, 3.8) is 0 Å². The summed E-state index contributed by atoms with van der Waals surface area (Å²) in [6.07, 6.45) is 0.233. The van der Waals surface area contributed by atoms with Crippen molar-refractivity contribution < 1.29 is 13.5 Å². The Balaban J connectivity index is 3.38. The van der Waals surface area contributed by atoms with E-state index in [4.69, 9.17) is 5.14 Å². The molecular formula is C13H21NO3S. The van der Waals surface area contributed by atoms with Gasteiger partial charge in [-0.25, -0.2) is 13.6 Å². The van der Waals surface area contributed by atoms with Gasteiger partial charge in [0.25, 0.3) is 0 Å². The van der Waals surface area contributed by atoms with E-state index in [1.54, 1.807) is 25.1 Å². The largest absolute Gasteiger partial charge is 0.393 e. The molecule has 4 nitrogen and oxygen atoms in total. The lowest BCUT2D eigenvalue weighted by Crippen LogP contribution is -2.25. The second-order valence-corrected chi connectivity index (χ2v) is 6.26. The maximum atomic E-state index is 11.6. The Kier molecular flexibility index (Phi) is 4.90. The molecule has 0 bridgehead atoms. The fourth-order valence-corrected chi connectivity index (χ4v) is 3.11. The van der Waals surface area contributed by atoms with Crippen LogP contribution in [0.5, 0.6) is 0 Å². The Morgan fingerprint density at radius 2 is 1.83 bits per heavy atom. The summed E-state index contributed by atoms with van der Waals surface area (Å²) in [5.74, 6) is -0.0579. The Labute approximate surface area is 109 Å². The van der Waals surface area contributed by atoms with Crippen LogP contribution in [0.4, 0.5) is 0 Å². The average molecular weight is 271 g/mol. The van der Waals surface area contributed by atoms with Crippen LogP contribution < -0.4 is 5.14 Å². The van der Waals surface area contributed by atoms with Gasteiger partial charge in [-0.15, -0.1) is 0 Å². The molecule has 0 aromatic heterocycles. The van der Waals surface area contributed by atoms with E-state index in [1.807, 2.05) is 13.8 Å². The predicted molar refractivity (Wildman–Crippen MR) is 71.7 cm³/mol. The molecule has 102 valence electrons. The highest BCUT2D eigenvalue weighted by molar-refractivity contribution is 7.89. The molecule has 0 aliphatic rings. The van der Waals surface area contributed by atoms with Crippen molar-refractivity contribution in [1.82, 2.24) is 0 Å². The Bertz CT molecular complexity index is 497. The normalized spacial score (nSPS) is 17.2. The summed E-state index contributed by atoms with van der Waals surface area (Å²) in [6, 6.07) is 6.62. The molecule has 1 rings (SSSR count). The minimum Gasteiger partial charge on any atom is -0.393 e. The minimum atomic E-state index is -3.76. The highest BCUT2D eigenvalue weighted by atomic mass is 32.2. The number of hydrogen-bond donors (Lipinski definition) is 2. The number of nitrogens with two attached hydrogens (primary N) is 1. The van der Waals surface area contributed by atoms with Crippen LogP contribution in [0.15, 0.2) is 29.2 Å². The molecular weight excluding hydrogens is 250 g/mol. The molecule has 0 amide bonds. The maximum absolute atomic E-state index is 11.6. The summed E-state index contributed by atoms with van der Waals surface area (Å²) in [4.78, 5) is 0.108. The van der Waals surface area contributed by atoms with Gasteiger partial charge in [0.1, 0.15) is 0 Å². The quantitative estimate of drug-likeness (QED) is 0.857. The third-order valence-electron chi connectivity index (χ3n) is 3.36. The molecule has 3 N–H and O–H groups in total. The molecule has 0 aliphatic carbocycles. The lowest BCUT2D eigenvalue weighted by atomic mass is 9.82. The number of aliphatic hydroxyl groups is 1. The third-order valence-corrected chi connectivity index (χ3v) is 4.35. The second-order valence-electron chi connectivity index (χ2n) is 4.73. The van der Waals surface area contributed by atoms with E-state index in [1.165, 1.54) is 6.07 Å². The van der Waals surface area contributed by atoms with Crippen LogP contribution in [0, 0.1) is 5.92 Å². The predicted octanol–water partition coefficient (Wildman–Crippen LogP) is 1.84. The van der Waals surface area contributed by atoms with Gasteiger partial charge in [0.2, 0.25) is 10.0 Å². The Hall–Kier alpha value is -0.910. The molecule has 0 radical (unpaired) electrons. The number of aliphatic hydroxyl groups excluding tert-OH is 1. The van der Waals surface area contributed by atoms with E-state index in [-0.39, 0.29) is 16.7 Å². The molecule has 0 heterocycles. The van der Waals surface area contributed by atoms with Crippen molar-refractivity contribution in [3.05, 3.63) is 29.8 Å². The smallest absolute Gasteiger partial charge is 0.238 e. The van der Waals surface area contributed by atoms with Crippen LogP contribution in [-0.2, 0) is 10.0 Å². The zero-order valence-electron chi connectivity index (χ0n) is 11.0. The third kappa shape index (κ3) is 3.31. The second kappa shape index (κ2) is 5.82. The van der Waals surface area contributed by atoms with Gasteiger partial charge in [-0.1, -0.05) is 38.5 Å². The number of rotatable bonds is 5. The topological polar surface area (TPSA) is 80.4 Å². The van der Waals surface area contributed by atoms with Crippen molar-refractivity contribution in [2.45, 2.75) is 44.1 Å². The summed E-state index contributed by atoms with van der Waals surface area (Å²) >= 11 is 0. The van der Waals surface area contributed by atoms with Crippen LogP contribution in [-0.4, -0.2) is 19.6 Å². The minimum absolute atomic E-state index is 0.108. The molecule has 1 aromatic carbocycles. The maximum Gasteiger partial charge on any atom is 0.238 e. The SMILES string of the molecule is CC[C@H](C)[C@@H](c1ccccc1S(N)(=O)=O)C(C)O. The summed E-state index contributed by atoms with van der Waals surface area (Å²) < 4.78 is 23.2. The molecule has 1 unspecified atom stereocenters. The fraction of sp³-hybridized carbons (Fsp3) is 0.538. The van der Waals surface area contributed by atoms with Crippen molar-refractivity contribution in [1.29, 1.82) is 0 Å². The molecule has 0 fully saturated rings. The summed E-state index contributed by atoms with van der Waals surface area (Å²) in [7, 11) is -3.76. The Morgan fingerprint density at radius 1 is 1.28 bits per heavy atom. The Morgan fingerprint density at radius 3 is 2.28 bits per heavy atom. The van der Waals surface area contributed by atoms with Crippen LogP contribution in [0.3, 0.4) is 0 Å². The molecule has 0 aliphatic heterocycles. The first-order chi connectivity index (χ1) is 8.29. The van der Waals surface area contributed by atoms with E-state index >= 15 is 0 Å². The average Bonchev–Trinajstić information content (AvgIpc) is 2.27. The highest BCUT2D eigenvalue weighted by Crippen LogP contribution is 2.33. The van der Waals surface area contributed by atoms with E-state index in [9.17, 15) is 13.5 Å². The van der Waals surface area contributed by atoms with Gasteiger partial charge in [-0.05, 0) is 24.5 Å². The van der Waals surface area contributed by atoms with Crippen LogP contribution in [0.1, 0.15) is 38.7 Å². The van der Waals surface area contributed by atoms with E-state index in [0.717, 1.165) is 6.42 Å². The standard InChI is InChI=1S/C13H21NO3S/c1-4-9(2)13(10(3)15)11-7-5-6-8-12(11)18(14,16)17/h5-10,13,15H,4H2,1-3H3,(H2,14,16,17)/t9-,10?,13+/m0/s1. The summed E-state index contributed by atoms with van der Waals surface area (Å²) in [5.41, 5.74) is 0.601. The number of benzene rings is 1. The zero-order valence-corrected chi connectivity index (χ0v) is 11.8. The van der Waals surface area contributed by atoms with Gasteiger partial charge in [-0.3, -0.25) is 0 Å². The van der Waals surface area contributed by atoms with Crippen LogP contribution >= 0.6 is 0 Å². The zero-order chi connectivity index (χ0) is 13.9. The summed E-state index contributed by atoms with van der Waals surface area (Å²) in [5, 5.41) is 15.1. The molecule has 0 saturated carbocycles. The van der Waals surface area contributed by atoms with Crippen molar-refractivity contribution in [2.75, 3.05) is 0 Å². The van der Waals surface area contributed by atoms with Crippen molar-refractivity contribution in [3.8, 4) is 0 Å². The van der Waals surface area contributed by atoms with Gasteiger partial charge in [0.05, 0.1) is 11.0 Å². The van der Waals surface area contributed by atoms with E-state index in [0.29, 0.717) is 5.56 Å². The van der Waals surface area contributed by atoms with Crippen molar-refractivity contribution >= 4 is 10.0 Å². The van der Waals surface area contributed by atoms with Crippen LogP contribution in [0.25, 0.3) is 0 Å². The van der Waals surface area contributed by atoms with Gasteiger partial charge in [0.15, 0.2) is 0 Å². The highest BCUT2D eigenvalue weighted by Gasteiger charge is 2.27. The molecule has 5 heteroatoms. The van der Waals surface area contributed by atoms with Gasteiger partial charge in [0, 0.05) is 5.92 Å². The van der Waals surface area contributed by atoms with Gasteiger partial charge in [-0.2, -0.15) is 0 Å². The first-order valence-corrected chi connectivity index (χ1v) is 7.63. The molecule has 0 saturated heterocycles. The number of hydrogen-bond acceptors (Lipinski definition) is 3. The van der Waals surface area contributed by atoms with Crippen LogP contribution in [0.2, 0.25) is 0 Å². The monoisotopic (exact) mass is 271 g/mol. The van der Waals surface area contributed by atoms with E-state index < -0.39 is 16.1 Å². The fourth-order valence-electron chi connectivity index (χ4n) is 2.31. The first kappa shape index (κ1) is 15.1. The lowest BCUT2D eigenvalue weighted by molar-refractivity contribution is 0.133. The molecule has 3 atom stereocenters. The first-order valence-electron chi connectivity index (χ1n) is 6.08. The number of sulfonamides is 1. The molecule has 18 heavy (non-hydrogen) atoms. The van der Waals surface area contributed by atoms with Gasteiger partial charge < -0.3 is 5.11 Å².